The van der Waals surface area contributed by atoms with E-state index in [0.717, 1.165) is 46.5 Å². The Morgan fingerprint density at radius 1 is 1.22 bits per heavy atom. The van der Waals surface area contributed by atoms with Crippen LogP contribution in [0.25, 0.3) is 17.0 Å². The summed E-state index contributed by atoms with van der Waals surface area (Å²) in [5, 5.41) is 3.82. The van der Waals surface area contributed by atoms with Crippen molar-refractivity contribution in [2.45, 2.75) is 64.8 Å². The Hall–Kier alpha value is -3.69. The van der Waals surface area contributed by atoms with Crippen LogP contribution in [0.3, 0.4) is 0 Å². The van der Waals surface area contributed by atoms with E-state index in [2.05, 4.69) is 28.5 Å². The lowest BCUT2D eigenvalue weighted by molar-refractivity contribution is -0.142. The van der Waals surface area contributed by atoms with E-state index in [1.165, 1.54) is 17.3 Å². The van der Waals surface area contributed by atoms with E-state index in [4.69, 9.17) is 4.98 Å². The van der Waals surface area contributed by atoms with Gasteiger partial charge in [-0.25, -0.2) is 4.98 Å². The van der Waals surface area contributed by atoms with Crippen molar-refractivity contribution >= 4 is 17.3 Å². The molecule has 1 fully saturated rings. The Morgan fingerprint density at radius 3 is 2.65 bits per heavy atom. The van der Waals surface area contributed by atoms with Crippen LogP contribution in [0.1, 0.15) is 60.8 Å². The first-order valence-corrected chi connectivity index (χ1v) is 12.2. The molecule has 3 aromatic heterocycles. The van der Waals surface area contributed by atoms with Gasteiger partial charge < -0.3 is 4.90 Å². The first kappa shape index (κ1) is 25.0. The van der Waals surface area contributed by atoms with Crippen molar-refractivity contribution in [2.24, 2.45) is 0 Å². The topological polar surface area (TPSA) is 67.2 Å². The van der Waals surface area contributed by atoms with Gasteiger partial charge in [-0.3, -0.25) is 19.4 Å². The van der Waals surface area contributed by atoms with Gasteiger partial charge in [0, 0.05) is 48.0 Å². The third-order valence-electron chi connectivity index (χ3n) is 7.26. The normalized spacial score (nSPS) is 19.0. The molecule has 0 radical (unpaired) electrons. The molecule has 0 aromatic carbocycles. The van der Waals surface area contributed by atoms with Crippen LogP contribution in [0.15, 0.2) is 43.5 Å². The molecule has 194 valence electrons. The summed E-state index contributed by atoms with van der Waals surface area (Å²) in [5.74, 6) is -0.314. The van der Waals surface area contributed by atoms with E-state index in [9.17, 15) is 18.0 Å². The van der Waals surface area contributed by atoms with Crippen LogP contribution in [0, 0.1) is 6.92 Å². The summed E-state index contributed by atoms with van der Waals surface area (Å²) in [6, 6.07) is 4.29. The minimum atomic E-state index is -4.41. The highest BCUT2D eigenvalue weighted by molar-refractivity contribution is 6.12. The fraction of sp³-hybridized carbons (Fsp3) is 0.407. The van der Waals surface area contributed by atoms with Gasteiger partial charge in [-0.2, -0.15) is 18.3 Å². The third-order valence-corrected chi connectivity index (χ3v) is 7.26. The highest BCUT2D eigenvalue weighted by atomic mass is 19.4. The van der Waals surface area contributed by atoms with Crippen molar-refractivity contribution in [2.75, 3.05) is 11.4 Å². The van der Waals surface area contributed by atoms with Gasteiger partial charge in [0.25, 0.3) is 5.91 Å². The smallest absolute Gasteiger partial charge is 0.369 e. The van der Waals surface area contributed by atoms with Gasteiger partial charge in [-0.1, -0.05) is 6.58 Å². The molecule has 5 rings (SSSR count). The van der Waals surface area contributed by atoms with E-state index >= 15 is 0 Å². The largest absolute Gasteiger partial charge is 0.408 e. The molecule has 10 heteroatoms. The Kier molecular flexibility index (Phi) is 5.88. The quantitative estimate of drug-likeness (QED) is 0.450. The fourth-order valence-electron chi connectivity index (χ4n) is 5.42. The second-order valence-corrected chi connectivity index (χ2v) is 10.4. The van der Waals surface area contributed by atoms with Crippen LogP contribution < -0.4 is 4.90 Å². The molecule has 3 aromatic rings. The number of carbonyl (C=O) groups excluding carboxylic acids is 1. The van der Waals surface area contributed by atoms with Crippen LogP contribution in [0.2, 0.25) is 0 Å². The van der Waals surface area contributed by atoms with E-state index in [1.54, 1.807) is 12.4 Å². The lowest BCUT2D eigenvalue weighted by Gasteiger charge is -2.30. The van der Waals surface area contributed by atoms with E-state index in [1.807, 2.05) is 32.9 Å². The second kappa shape index (κ2) is 8.71. The number of aromatic nitrogens is 4. The third kappa shape index (κ3) is 4.38. The highest BCUT2D eigenvalue weighted by Gasteiger charge is 2.47. The number of pyridine rings is 2. The molecule has 1 atom stereocenters. The average Bonchev–Trinajstić information content (AvgIpc) is 3.49. The second-order valence-electron chi connectivity index (χ2n) is 10.4. The Bertz CT molecular complexity index is 1390. The van der Waals surface area contributed by atoms with Crippen LogP contribution in [-0.4, -0.2) is 49.3 Å². The van der Waals surface area contributed by atoms with Crippen molar-refractivity contribution < 1.29 is 18.0 Å². The molecule has 0 bridgehead atoms. The Labute approximate surface area is 213 Å². The maximum absolute atomic E-state index is 13.5. The van der Waals surface area contributed by atoms with Crippen molar-refractivity contribution in [3.05, 3.63) is 65.9 Å². The fourth-order valence-corrected chi connectivity index (χ4v) is 5.42. The van der Waals surface area contributed by atoms with E-state index in [0.29, 0.717) is 23.0 Å². The number of fused-ring (bicyclic) bond motifs is 1. The number of rotatable bonds is 5. The average molecular weight is 511 g/mol. The maximum atomic E-state index is 13.5. The first-order chi connectivity index (χ1) is 17.4. The number of hydrogen-bond acceptors (Lipinski definition) is 5. The molecule has 0 aliphatic carbocycles. The van der Waals surface area contributed by atoms with Gasteiger partial charge in [0.2, 0.25) is 0 Å². The number of likely N-dealkylation sites (tertiary alicyclic amines) is 1. The van der Waals surface area contributed by atoms with Crippen molar-refractivity contribution in [1.82, 2.24) is 24.6 Å². The molecule has 1 amide bonds. The summed E-state index contributed by atoms with van der Waals surface area (Å²) in [6.45, 7) is 11.7. The van der Waals surface area contributed by atoms with Gasteiger partial charge in [0.15, 0.2) is 0 Å². The van der Waals surface area contributed by atoms with Gasteiger partial charge in [0.1, 0.15) is 6.54 Å². The first-order valence-electron chi connectivity index (χ1n) is 12.2. The number of anilines is 1. The molecule has 37 heavy (non-hydrogen) atoms. The zero-order chi connectivity index (χ0) is 26.7. The molecule has 7 nitrogen and oxygen atoms in total. The molecule has 2 aliphatic heterocycles. The molecular weight excluding hydrogens is 481 g/mol. The van der Waals surface area contributed by atoms with E-state index in [-0.39, 0.29) is 11.6 Å². The van der Waals surface area contributed by atoms with Crippen molar-refractivity contribution in [3.63, 3.8) is 0 Å². The van der Waals surface area contributed by atoms with Crippen LogP contribution in [-0.2, 0) is 12.1 Å². The van der Waals surface area contributed by atoms with Gasteiger partial charge >= 0.3 is 6.18 Å². The number of carbonyl (C=O) groups is 1. The lowest BCUT2D eigenvalue weighted by Crippen LogP contribution is -2.39. The number of amides is 1. The van der Waals surface area contributed by atoms with Crippen molar-refractivity contribution in [3.8, 4) is 11.3 Å². The molecular formula is C27H29F3N6O. The number of nitrogens with zero attached hydrogens (tertiary/aromatic N) is 6. The Balaban J connectivity index is 1.50. The zero-order valence-corrected chi connectivity index (χ0v) is 21.3. The SMILES string of the molecule is C=C(c1cncc(-c2cc(C)c3c(n2)C(C)(C)N(c2cnn(CC(F)(F)F)c2)C3=O)c1)N1CCC[C@@H]1C. The summed E-state index contributed by atoms with van der Waals surface area (Å²) in [7, 11) is 0. The molecule has 5 heterocycles. The molecule has 0 saturated carbocycles. The van der Waals surface area contributed by atoms with Gasteiger partial charge in [-0.05, 0) is 58.2 Å². The van der Waals surface area contributed by atoms with Crippen molar-refractivity contribution in [1.29, 1.82) is 0 Å². The lowest BCUT2D eigenvalue weighted by atomic mass is 9.96. The molecule has 1 saturated heterocycles. The van der Waals surface area contributed by atoms with Crippen LogP contribution in [0.5, 0.6) is 0 Å². The molecule has 0 spiro atoms. The summed E-state index contributed by atoms with van der Waals surface area (Å²) >= 11 is 0. The minimum absolute atomic E-state index is 0.290. The summed E-state index contributed by atoms with van der Waals surface area (Å²) in [6.07, 6.45) is 3.91. The number of alkyl halides is 3. The minimum Gasteiger partial charge on any atom is -0.369 e. The highest BCUT2D eigenvalue weighted by Crippen LogP contribution is 2.43. The number of hydrogen-bond donors (Lipinski definition) is 0. The molecule has 2 aliphatic rings. The monoisotopic (exact) mass is 510 g/mol. The molecule has 0 N–H and O–H groups in total. The van der Waals surface area contributed by atoms with Crippen LogP contribution in [0.4, 0.5) is 18.9 Å². The summed E-state index contributed by atoms with van der Waals surface area (Å²) in [5.41, 5.74) is 4.46. The van der Waals surface area contributed by atoms with Crippen LogP contribution >= 0.6 is 0 Å². The number of halogens is 3. The van der Waals surface area contributed by atoms with Gasteiger partial charge in [-0.15, -0.1) is 0 Å². The summed E-state index contributed by atoms with van der Waals surface area (Å²) < 4.78 is 39.3. The van der Waals surface area contributed by atoms with E-state index < -0.39 is 18.3 Å². The predicted molar refractivity (Wildman–Crippen MR) is 135 cm³/mol. The van der Waals surface area contributed by atoms with Gasteiger partial charge in [0.05, 0.1) is 34.4 Å². The standard InChI is InChI=1S/C27H29F3N6O/c1-16-9-22(20-10-19(11-31-12-20)18(3)35-8-6-7-17(35)2)33-24-23(16)25(37)36(26(24,4)5)21-13-32-34(14-21)15-27(28,29)30/h9-14,17H,3,6-8,15H2,1-2,4-5H3/t17-/m0/s1. The number of aryl methyl sites for hydroxylation is 1. The molecule has 0 unspecified atom stereocenters. The summed E-state index contributed by atoms with van der Waals surface area (Å²) in [4.78, 5) is 26.6. The zero-order valence-electron chi connectivity index (χ0n) is 21.3. The maximum Gasteiger partial charge on any atom is 0.408 e. The Morgan fingerprint density at radius 2 is 1.97 bits per heavy atom. The predicted octanol–water partition coefficient (Wildman–Crippen LogP) is 5.56.